The van der Waals surface area contributed by atoms with E-state index in [0.29, 0.717) is 32.2 Å². The van der Waals surface area contributed by atoms with Crippen LogP contribution in [0.4, 0.5) is 35.3 Å². The number of urea groups is 1. The van der Waals surface area contributed by atoms with Crippen molar-refractivity contribution in [3.63, 3.8) is 0 Å². The van der Waals surface area contributed by atoms with Crippen LogP contribution in [-0.2, 0) is 6.18 Å². The Labute approximate surface area is 195 Å². The van der Waals surface area contributed by atoms with E-state index < -0.39 is 22.8 Å². The van der Waals surface area contributed by atoms with Gasteiger partial charge in [-0.3, -0.25) is 0 Å². The molecule has 33 heavy (non-hydrogen) atoms. The Balaban J connectivity index is 1.33. The predicted octanol–water partition coefficient (Wildman–Crippen LogP) is 4.88. The SMILES string of the molecule is CC1CCCCN1c1ccc(N2CCN(C(=O)Nc3ccc(Cl)c(C(F)(F)F)c3)CC2)nn1. The van der Waals surface area contributed by atoms with Gasteiger partial charge in [-0.05, 0) is 56.5 Å². The van der Waals surface area contributed by atoms with E-state index in [0.717, 1.165) is 43.2 Å². The number of aromatic nitrogens is 2. The number of alkyl halides is 3. The summed E-state index contributed by atoms with van der Waals surface area (Å²) in [5.74, 6) is 1.63. The topological polar surface area (TPSA) is 64.6 Å². The molecule has 2 aliphatic rings. The van der Waals surface area contributed by atoms with Gasteiger partial charge in [0.1, 0.15) is 0 Å². The maximum Gasteiger partial charge on any atom is 0.417 e. The summed E-state index contributed by atoms with van der Waals surface area (Å²) in [6, 6.07) is 7.26. The van der Waals surface area contributed by atoms with E-state index in [4.69, 9.17) is 11.6 Å². The average molecular weight is 483 g/mol. The van der Waals surface area contributed by atoms with Crippen LogP contribution in [0, 0.1) is 0 Å². The molecular formula is C22H26ClF3N6O. The fourth-order valence-electron chi connectivity index (χ4n) is 4.24. The van der Waals surface area contributed by atoms with E-state index in [-0.39, 0.29) is 5.69 Å². The zero-order valence-corrected chi connectivity index (χ0v) is 19.0. The number of carbonyl (C=O) groups excluding carboxylic acids is 1. The molecule has 1 aromatic carbocycles. The highest BCUT2D eigenvalue weighted by Gasteiger charge is 2.33. The van der Waals surface area contributed by atoms with E-state index in [9.17, 15) is 18.0 Å². The molecule has 2 saturated heterocycles. The van der Waals surface area contributed by atoms with Crippen LogP contribution in [0.2, 0.25) is 5.02 Å². The highest BCUT2D eigenvalue weighted by Crippen LogP contribution is 2.36. The third-order valence-corrected chi connectivity index (χ3v) is 6.48. The summed E-state index contributed by atoms with van der Waals surface area (Å²) >= 11 is 5.64. The molecule has 0 saturated carbocycles. The molecule has 1 N–H and O–H groups in total. The molecule has 0 radical (unpaired) electrons. The number of anilines is 3. The van der Waals surface area contributed by atoms with Gasteiger partial charge in [-0.15, -0.1) is 10.2 Å². The average Bonchev–Trinajstić information content (AvgIpc) is 2.80. The molecule has 1 unspecified atom stereocenters. The number of carbonyl (C=O) groups is 1. The van der Waals surface area contributed by atoms with Crippen molar-refractivity contribution in [2.24, 2.45) is 0 Å². The molecule has 2 fully saturated rings. The van der Waals surface area contributed by atoms with E-state index in [1.54, 1.807) is 4.90 Å². The molecule has 0 aliphatic carbocycles. The third-order valence-electron chi connectivity index (χ3n) is 6.15. The molecule has 178 valence electrons. The molecule has 1 aromatic heterocycles. The predicted molar refractivity (Wildman–Crippen MR) is 122 cm³/mol. The van der Waals surface area contributed by atoms with E-state index in [2.05, 4.69) is 27.3 Å². The molecule has 2 aromatic rings. The third kappa shape index (κ3) is 5.43. The first-order chi connectivity index (χ1) is 15.7. The van der Waals surface area contributed by atoms with Crippen LogP contribution in [0.15, 0.2) is 30.3 Å². The Morgan fingerprint density at radius 1 is 1.03 bits per heavy atom. The van der Waals surface area contributed by atoms with Gasteiger partial charge < -0.3 is 20.0 Å². The number of hydrogen-bond acceptors (Lipinski definition) is 5. The summed E-state index contributed by atoms with van der Waals surface area (Å²) in [6.45, 7) is 5.12. The lowest BCUT2D eigenvalue weighted by atomic mass is 10.0. The van der Waals surface area contributed by atoms with Gasteiger partial charge in [-0.1, -0.05) is 11.6 Å². The Bertz CT molecular complexity index is 979. The van der Waals surface area contributed by atoms with E-state index in [1.807, 2.05) is 17.0 Å². The van der Waals surface area contributed by atoms with Crippen molar-refractivity contribution < 1.29 is 18.0 Å². The highest BCUT2D eigenvalue weighted by atomic mass is 35.5. The van der Waals surface area contributed by atoms with Crippen molar-refractivity contribution in [3.05, 3.63) is 40.9 Å². The number of rotatable bonds is 3. The zero-order chi connectivity index (χ0) is 23.6. The van der Waals surface area contributed by atoms with Crippen molar-refractivity contribution in [2.75, 3.05) is 47.8 Å². The molecular weight excluding hydrogens is 457 g/mol. The number of piperazine rings is 1. The van der Waals surface area contributed by atoms with Gasteiger partial charge in [-0.2, -0.15) is 13.2 Å². The molecule has 3 heterocycles. The van der Waals surface area contributed by atoms with Gasteiger partial charge in [0, 0.05) is 44.5 Å². The Hall–Kier alpha value is -2.75. The number of amides is 2. The molecule has 0 bridgehead atoms. The van der Waals surface area contributed by atoms with Crippen molar-refractivity contribution in [2.45, 2.75) is 38.4 Å². The zero-order valence-electron chi connectivity index (χ0n) is 18.3. The van der Waals surface area contributed by atoms with Gasteiger partial charge in [0.2, 0.25) is 0 Å². The molecule has 11 heteroatoms. The lowest BCUT2D eigenvalue weighted by Crippen LogP contribution is -2.50. The first kappa shape index (κ1) is 23.4. The van der Waals surface area contributed by atoms with Crippen LogP contribution in [0.5, 0.6) is 0 Å². The summed E-state index contributed by atoms with van der Waals surface area (Å²) in [6.07, 6.45) is -1.04. The molecule has 4 rings (SSSR count). The van der Waals surface area contributed by atoms with Crippen LogP contribution in [0.1, 0.15) is 31.7 Å². The summed E-state index contributed by atoms with van der Waals surface area (Å²) in [7, 11) is 0. The van der Waals surface area contributed by atoms with Crippen molar-refractivity contribution in [1.82, 2.24) is 15.1 Å². The monoisotopic (exact) mass is 482 g/mol. The standard InChI is InChI=1S/C22H26ClF3N6O/c1-15-4-2-3-9-32(15)20-8-7-19(28-29-20)30-10-12-31(13-11-30)21(33)27-16-5-6-18(23)17(14-16)22(24,25)26/h5-8,14-15H,2-4,9-13H2,1H3,(H,27,33). The first-order valence-electron chi connectivity index (χ1n) is 11.0. The fourth-order valence-corrected chi connectivity index (χ4v) is 4.46. The van der Waals surface area contributed by atoms with Crippen LogP contribution < -0.4 is 15.1 Å². The number of hydrogen-bond donors (Lipinski definition) is 1. The normalized spacial score (nSPS) is 19.5. The maximum atomic E-state index is 13.0. The lowest BCUT2D eigenvalue weighted by molar-refractivity contribution is -0.137. The number of benzene rings is 1. The summed E-state index contributed by atoms with van der Waals surface area (Å²) in [5, 5.41) is 10.9. The molecule has 0 spiro atoms. The van der Waals surface area contributed by atoms with Gasteiger partial charge in [0.25, 0.3) is 0 Å². The molecule has 1 atom stereocenters. The van der Waals surface area contributed by atoms with Crippen LogP contribution >= 0.6 is 11.6 Å². The fraction of sp³-hybridized carbons (Fsp3) is 0.500. The number of nitrogens with one attached hydrogen (secondary N) is 1. The highest BCUT2D eigenvalue weighted by molar-refractivity contribution is 6.31. The second-order valence-corrected chi connectivity index (χ2v) is 8.79. The minimum atomic E-state index is -4.59. The minimum absolute atomic E-state index is 0.0487. The van der Waals surface area contributed by atoms with Crippen LogP contribution in [0.3, 0.4) is 0 Å². The maximum absolute atomic E-state index is 13.0. The van der Waals surface area contributed by atoms with Gasteiger partial charge in [0.05, 0.1) is 10.6 Å². The molecule has 2 amide bonds. The molecule has 2 aliphatic heterocycles. The second-order valence-electron chi connectivity index (χ2n) is 8.38. The van der Waals surface area contributed by atoms with Gasteiger partial charge >= 0.3 is 12.2 Å². The Morgan fingerprint density at radius 3 is 2.36 bits per heavy atom. The van der Waals surface area contributed by atoms with Crippen LogP contribution in [0.25, 0.3) is 0 Å². The number of halogens is 4. The minimum Gasteiger partial charge on any atom is -0.352 e. The smallest absolute Gasteiger partial charge is 0.352 e. The summed E-state index contributed by atoms with van der Waals surface area (Å²) in [5.41, 5.74) is -0.930. The quantitative estimate of drug-likeness (QED) is 0.675. The largest absolute Gasteiger partial charge is 0.417 e. The van der Waals surface area contributed by atoms with Crippen molar-refractivity contribution in [1.29, 1.82) is 0 Å². The van der Waals surface area contributed by atoms with E-state index >= 15 is 0 Å². The Kier molecular flexibility index (Phi) is 6.83. The van der Waals surface area contributed by atoms with Gasteiger partial charge in [-0.25, -0.2) is 4.79 Å². The van der Waals surface area contributed by atoms with Crippen molar-refractivity contribution >= 4 is 35.0 Å². The van der Waals surface area contributed by atoms with Crippen LogP contribution in [-0.4, -0.2) is 59.9 Å². The van der Waals surface area contributed by atoms with Crippen molar-refractivity contribution in [3.8, 4) is 0 Å². The van der Waals surface area contributed by atoms with Gasteiger partial charge in [0.15, 0.2) is 11.6 Å². The molecule has 7 nitrogen and oxygen atoms in total. The first-order valence-corrected chi connectivity index (χ1v) is 11.4. The second kappa shape index (κ2) is 9.62. The lowest BCUT2D eigenvalue weighted by Gasteiger charge is -2.36. The number of nitrogens with zero attached hydrogens (tertiary/aromatic N) is 5. The summed E-state index contributed by atoms with van der Waals surface area (Å²) in [4.78, 5) is 18.4. The Morgan fingerprint density at radius 2 is 1.73 bits per heavy atom. The van der Waals surface area contributed by atoms with E-state index in [1.165, 1.54) is 12.5 Å². The number of piperidine rings is 1. The summed E-state index contributed by atoms with van der Waals surface area (Å²) < 4.78 is 39.1.